The maximum Gasteiger partial charge on any atom is 0.245 e. The average Bonchev–Trinajstić information content (AvgIpc) is 3.26. The van der Waals surface area contributed by atoms with Gasteiger partial charge in [-0.2, -0.15) is 0 Å². The van der Waals surface area contributed by atoms with Crippen LogP contribution in [-0.4, -0.2) is 55.4 Å². The topological polar surface area (TPSA) is 74.6 Å². The lowest BCUT2D eigenvalue weighted by molar-refractivity contribution is -0.131. The number of rotatable bonds is 4. The number of likely N-dealkylation sites (tertiary alicyclic amines) is 1. The van der Waals surface area contributed by atoms with E-state index in [4.69, 9.17) is 0 Å². The summed E-state index contributed by atoms with van der Waals surface area (Å²) in [4.78, 5) is 24.3. The number of anilines is 1. The van der Waals surface area contributed by atoms with Crippen molar-refractivity contribution in [2.45, 2.75) is 103 Å². The molecule has 1 atom stereocenters. The molecule has 4 rings (SSSR count). The van der Waals surface area contributed by atoms with Gasteiger partial charge in [-0.15, -0.1) is 0 Å². The lowest BCUT2D eigenvalue weighted by atomic mass is 9.89. The quantitative estimate of drug-likeness (QED) is 0.779. The highest BCUT2D eigenvalue weighted by molar-refractivity contribution is 5.86. The van der Waals surface area contributed by atoms with Gasteiger partial charge in [0.1, 0.15) is 18.0 Å². The summed E-state index contributed by atoms with van der Waals surface area (Å²) in [5, 5.41) is 7.17. The molecule has 2 fully saturated rings. The first kappa shape index (κ1) is 22.1. The first-order valence-electron chi connectivity index (χ1n) is 11.7. The van der Waals surface area contributed by atoms with Gasteiger partial charge >= 0.3 is 0 Å². The van der Waals surface area contributed by atoms with Crippen LogP contribution in [0.2, 0.25) is 0 Å². The molecule has 170 valence electrons. The number of carbonyl (C=O) groups excluding carboxylic acids is 1. The zero-order valence-electron chi connectivity index (χ0n) is 19.9. The van der Waals surface area contributed by atoms with Crippen LogP contribution in [0.15, 0.2) is 18.5 Å². The third-order valence-corrected chi connectivity index (χ3v) is 6.53. The highest BCUT2D eigenvalue weighted by Crippen LogP contribution is 2.30. The minimum Gasteiger partial charge on any atom is -0.343 e. The minimum absolute atomic E-state index is 0.0427. The zero-order valence-corrected chi connectivity index (χ0v) is 19.9. The summed E-state index contributed by atoms with van der Waals surface area (Å²) >= 11 is 0. The van der Waals surface area contributed by atoms with E-state index in [1.165, 1.54) is 0 Å². The van der Waals surface area contributed by atoms with E-state index >= 15 is 0 Å². The van der Waals surface area contributed by atoms with Gasteiger partial charge in [-0.3, -0.25) is 9.20 Å². The van der Waals surface area contributed by atoms with E-state index in [1.807, 2.05) is 6.07 Å². The van der Waals surface area contributed by atoms with E-state index in [1.54, 1.807) is 6.33 Å². The number of amides is 1. The van der Waals surface area contributed by atoms with Crippen LogP contribution in [0.25, 0.3) is 5.65 Å². The second-order valence-electron chi connectivity index (χ2n) is 11.3. The Morgan fingerprint density at radius 1 is 0.968 bits per heavy atom. The van der Waals surface area contributed by atoms with Crippen LogP contribution in [0.1, 0.15) is 79.3 Å². The van der Waals surface area contributed by atoms with Gasteiger partial charge in [0.2, 0.25) is 11.9 Å². The molecule has 2 N–H and O–H groups in total. The summed E-state index contributed by atoms with van der Waals surface area (Å²) in [6, 6.07) is 4.81. The van der Waals surface area contributed by atoms with Crippen molar-refractivity contribution >= 4 is 17.5 Å². The molecule has 7 heteroatoms. The van der Waals surface area contributed by atoms with Crippen molar-refractivity contribution in [3.63, 3.8) is 0 Å². The Hall–Kier alpha value is -2.15. The molecule has 2 aromatic rings. The fraction of sp³-hybridized carbons (Fsp3) is 0.708. The second-order valence-corrected chi connectivity index (χ2v) is 11.3. The number of fused-ring (bicyclic) bond motifs is 1. The van der Waals surface area contributed by atoms with Crippen LogP contribution >= 0.6 is 0 Å². The van der Waals surface area contributed by atoms with Crippen molar-refractivity contribution in [3.8, 4) is 0 Å². The number of hydrogen-bond acceptors (Lipinski definition) is 5. The van der Waals surface area contributed by atoms with Crippen molar-refractivity contribution < 1.29 is 4.79 Å². The molecule has 3 heterocycles. The van der Waals surface area contributed by atoms with E-state index in [2.05, 4.69) is 77.5 Å². The molecule has 1 saturated heterocycles. The van der Waals surface area contributed by atoms with Gasteiger partial charge in [-0.25, -0.2) is 9.97 Å². The molecule has 0 bridgehead atoms. The first-order valence-corrected chi connectivity index (χ1v) is 11.7. The van der Waals surface area contributed by atoms with E-state index < -0.39 is 0 Å². The number of nitrogens with zero attached hydrogens (tertiary/aromatic N) is 4. The monoisotopic (exact) mass is 426 g/mol. The molecule has 1 aliphatic heterocycles. The van der Waals surface area contributed by atoms with E-state index in [0.717, 1.165) is 50.0 Å². The van der Waals surface area contributed by atoms with Gasteiger partial charge in [-0.1, -0.05) is 20.8 Å². The molecular weight excluding hydrogens is 388 g/mol. The molecular formula is C24H38N6O. The molecule has 31 heavy (non-hydrogen) atoms. The molecule has 2 aromatic heterocycles. The lowest BCUT2D eigenvalue weighted by Gasteiger charge is -2.37. The summed E-state index contributed by atoms with van der Waals surface area (Å²) in [7, 11) is 0. The smallest absolute Gasteiger partial charge is 0.245 e. The van der Waals surface area contributed by atoms with Gasteiger partial charge in [0.05, 0.1) is 0 Å². The fourth-order valence-corrected chi connectivity index (χ4v) is 5.14. The Morgan fingerprint density at radius 3 is 2.32 bits per heavy atom. The molecule has 0 radical (unpaired) electrons. The molecule has 0 unspecified atom stereocenters. The highest BCUT2D eigenvalue weighted by atomic mass is 16.2. The summed E-state index contributed by atoms with van der Waals surface area (Å²) in [5.74, 6) is 0.918. The van der Waals surface area contributed by atoms with E-state index in [-0.39, 0.29) is 22.9 Å². The lowest BCUT2D eigenvalue weighted by Crippen LogP contribution is -2.49. The van der Waals surface area contributed by atoms with E-state index in [0.29, 0.717) is 18.0 Å². The van der Waals surface area contributed by atoms with Crippen molar-refractivity contribution in [1.82, 2.24) is 24.6 Å². The summed E-state index contributed by atoms with van der Waals surface area (Å²) in [6.45, 7) is 14.0. The molecule has 2 aliphatic rings. The first-order chi connectivity index (χ1) is 14.5. The summed E-state index contributed by atoms with van der Waals surface area (Å²) in [5.41, 5.74) is 2.09. The zero-order chi connectivity index (χ0) is 22.4. The number of hydrogen-bond donors (Lipinski definition) is 2. The van der Waals surface area contributed by atoms with Gasteiger partial charge in [-0.05, 0) is 65.0 Å². The van der Waals surface area contributed by atoms with Crippen LogP contribution in [0, 0.1) is 0 Å². The van der Waals surface area contributed by atoms with Crippen molar-refractivity contribution in [1.29, 1.82) is 0 Å². The third-order valence-electron chi connectivity index (χ3n) is 6.53. The predicted octanol–water partition coefficient (Wildman–Crippen LogP) is 3.74. The number of aromatic nitrogens is 3. The fourth-order valence-electron chi connectivity index (χ4n) is 5.14. The third kappa shape index (κ3) is 4.71. The normalized spacial score (nSPS) is 25.4. The van der Waals surface area contributed by atoms with Crippen LogP contribution in [0.3, 0.4) is 0 Å². The van der Waals surface area contributed by atoms with E-state index in [9.17, 15) is 4.79 Å². The maximum atomic E-state index is 13.3. The van der Waals surface area contributed by atoms with Crippen molar-refractivity contribution in [2.75, 3.05) is 11.9 Å². The SMILES string of the molecule is CC(C)(C)NC1CCC(N2CC[C@H](Nc3ncnc4ccc(C(C)(C)C)n34)C2=O)CC1. The second kappa shape index (κ2) is 8.08. The molecule has 7 nitrogen and oxygen atoms in total. The number of carbonyl (C=O) groups is 1. The molecule has 0 aromatic carbocycles. The Kier molecular flexibility index (Phi) is 5.75. The Bertz CT molecular complexity index is 930. The molecule has 1 saturated carbocycles. The summed E-state index contributed by atoms with van der Waals surface area (Å²) in [6.07, 6.45) is 6.82. The van der Waals surface area contributed by atoms with Gasteiger partial charge in [0, 0.05) is 35.3 Å². The highest BCUT2D eigenvalue weighted by Gasteiger charge is 2.38. The number of nitrogens with one attached hydrogen (secondary N) is 2. The average molecular weight is 427 g/mol. The molecule has 0 spiro atoms. The summed E-state index contributed by atoms with van der Waals surface area (Å²) < 4.78 is 2.05. The van der Waals surface area contributed by atoms with Gasteiger partial charge in [0.15, 0.2) is 0 Å². The van der Waals surface area contributed by atoms with Gasteiger partial charge in [0.25, 0.3) is 0 Å². The predicted molar refractivity (Wildman–Crippen MR) is 124 cm³/mol. The Balaban J connectivity index is 1.44. The van der Waals surface area contributed by atoms with Crippen LogP contribution in [0.4, 0.5) is 5.95 Å². The van der Waals surface area contributed by atoms with Crippen LogP contribution in [-0.2, 0) is 10.2 Å². The van der Waals surface area contributed by atoms with Crippen molar-refractivity contribution in [3.05, 3.63) is 24.2 Å². The maximum absolute atomic E-state index is 13.3. The molecule has 1 aliphatic carbocycles. The van der Waals surface area contributed by atoms with Crippen LogP contribution < -0.4 is 10.6 Å². The van der Waals surface area contributed by atoms with Crippen LogP contribution in [0.5, 0.6) is 0 Å². The largest absolute Gasteiger partial charge is 0.343 e. The standard InChI is InChI=1S/C24H38N6O/c1-23(2,3)19-11-12-20-25-15-26-22(30(19)20)27-18-13-14-29(21(18)31)17-9-7-16(8-10-17)28-24(4,5)6/h11-12,15-18,28H,7-10,13-14H2,1-6H3,(H,25,26,27)/t16?,17?,18-/m0/s1. The Morgan fingerprint density at radius 2 is 1.68 bits per heavy atom. The Labute approximate surface area is 186 Å². The van der Waals surface area contributed by atoms with Gasteiger partial charge < -0.3 is 15.5 Å². The minimum atomic E-state index is -0.223. The van der Waals surface area contributed by atoms with Crippen molar-refractivity contribution in [2.24, 2.45) is 0 Å². The molecule has 1 amide bonds.